The summed E-state index contributed by atoms with van der Waals surface area (Å²) in [5.74, 6) is -0.629. The molecular formula is C24H19FN2O2. The lowest BCUT2D eigenvalue weighted by Gasteiger charge is -2.17. The summed E-state index contributed by atoms with van der Waals surface area (Å²) in [6.45, 7) is 0.187. The molecule has 29 heavy (non-hydrogen) atoms. The lowest BCUT2D eigenvalue weighted by molar-refractivity contribution is -0.121. The lowest BCUT2D eigenvalue weighted by atomic mass is 9.90. The number of nitrogens with zero attached hydrogens (tertiary/aromatic N) is 1. The van der Waals surface area contributed by atoms with Crippen molar-refractivity contribution < 1.29 is 13.7 Å². The summed E-state index contributed by atoms with van der Waals surface area (Å²) in [7, 11) is 0. The fourth-order valence-electron chi connectivity index (χ4n) is 3.25. The van der Waals surface area contributed by atoms with Gasteiger partial charge in [0.05, 0.1) is 18.0 Å². The van der Waals surface area contributed by atoms with Crippen LogP contribution in [0.1, 0.15) is 22.7 Å². The first-order valence-electron chi connectivity index (χ1n) is 9.30. The molecule has 1 heterocycles. The monoisotopic (exact) mass is 386 g/mol. The van der Waals surface area contributed by atoms with E-state index in [1.807, 2.05) is 60.7 Å². The summed E-state index contributed by atoms with van der Waals surface area (Å²) in [5.41, 5.74) is 2.67. The first kappa shape index (κ1) is 18.6. The normalized spacial score (nSPS) is 10.8. The lowest BCUT2D eigenvalue weighted by Crippen LogP contribution is -2.29. The number of rotatable bonds is 6. The molecule has 0 atom stereocenters. The van der Waals surface area contributed by atoms with Gasteiger partial charge in [0, 0.05) is 6.07 Å². The Bertz CT molecular complexity index is 1050. The maximum atomic E-state index is 13.9. The number of amides is 1. The van der Waals surface area contributed by atoms with Crippen molar-refractivity contribution in [3.63, 3.8) is 0 Å². The molecule has 0 fully saturated rings. The third kappa shape index (κ3) is 4.24. The van der Waals surface area contributed by atoms with E-state index in [2.05, 4.69) is 10.5 Å². The molecule has 0 saturated heterocycles. The van der Waals surface area contributed by atoms with Crippen molar-refractivity contribution in [3.05, 3.63) is 114 Å². The van der Waals surface area contributed by atoms with Gasteiger partial charge in [0.25, 0.3) is 0 Å². The smallest absolute Gasteiger partial charge is 0.232 e. The Morgan fingerprint density at radius 3 is 2.10 bits per heavy atom. The van der Waals surface area contributed by atoms with Crippen molar-refractivity contribution in [2.45, 2.75) is 12.5 Å². The zero-order chi connectivity index (χ0) is 20.1. The number of hydrogen-bond acceptors (Lipinski definition) is 3. The van der Waals surface area contributed by atoms with Crippen LogP contribution in [0, 0.1) is 5.82 Å². The zero-order valence-corrected chi connectivity index (χ0v) is 15.6. The van der Waals surface area contributed by atoms with Crippen LogP contribution in [0.4, 0.5) is 4.39 Å². The van der Waals surface area contributed by atoms with Gasteiger partial charge in [-0.1, -0.05) is 78.0 Å². The van der Waals surface area contributed by atoms with E-state index in [-0.39, 0.29) is 18.3 Å². The maximum Gasteiger partial charge on any atom is 0.232 e. The molecule has 144 valence electrons. The topological polar surface area (TPSA) is 55.1 Å². The second-order valence-electron chi connectivity index (χ2n) is 6.63. The van der Waals surface area contributed by atoms with Crippen molar-refractivity contribution in [1.29, 1.82) is 0 Å². The van der Waals surface area contributed by atoms with Crippen molar-refractivity contribution >= 4 is 5.91 Å². The van der Waals surface area contributed by atoms with Crippen molar-refractivity contribution in [2.75, 3.05) is 0 Å². The number of aromatic nitrogens is 1. The van der Waals surface area contributed by atoms with E-state index in [0.29, 0.717) is 17.0 Å². The van der Waals surface area contributed by atoms with Gasteiger partial charge in [0.15, 0.2) is 5.76 Å². The number of carbonyl (C=O) groups is 1. The average Bonchev–Trinajstić information content (AvgIpc) is 3.23. The Kier molecular flexibility index (Phi) is 5.47. The van der Waals surface area contributed by atoms with E-state index in [9.17, 15) is 9.18 Å². The molecule has 0 saturated carbocycles. The minimum Gasteiger partial charge on any atom is -0.356 e. The molecule has 4 aromatic rings. The molecule has 0 aliphatic heterocycles. The number of benzene rings is 3. The van der Waals surface area contributed by atoms with Crippen molar-refractivity contribution in [2.24, 2.45) is 0 Å². The first-order valence-corrected chi connectivity index (χ1v) is 9.30. The third-order valence-electron chi connectivity index (χ3n) is 4.67. The summed E-state index contributed by atoms with van der Waals surface area (Å²) in [6.07, 6.45) is 0. The van der Waals surface area contributed by atoms with Crippen LogP contribution in [-0.2, 0) is 11.3 Å². The van der Waals surface area contributed by atoms with Crippen LogP contribution >= 0.6 is 0 Å². The fourth-order valence-corrected chi connectivity index (χ4v) is 3.25. The van der Waals surface area contributed by atoms with Gasteiger partial charge in [0.1, 0.15) is 11.5 Å². The Balaban J connectivity index is 1.51. The highest BCUT2D eigenvalue weighted by Gasteiger charge is 2.22. The van der Waals surface area contributed by atoms with Crippen LogP contribution in [0.15, 0.2) is 95.5 Å². The summed E-state index contributed by atoms with van der Waals surface area (Å²) < 4.78 is 19.2. The Hall–Kier alpha value is -3.73. The molecule has 0 aliphatic carbocycles. The molecule has 4 nitrogen and oxygen atoms in total. The van der Waals surface area contributed by atoms with Gasteiger partial charge in [-0.25, -0.2) is 4.39 Å². The van der Waals surface area contributed by atoms with Crippen molar-refractivity contribution in [3.8, 4) is 11.3 Å². The highest BCUT2D eigenvalue weighted by molar-refractivity contribution is 5.87. The molecule has 4 rings (SSSR count). The standard InChI is InChI=1S/C24H19FN2O2/c25-21-14-8-7-13-20(21)22-15-19(27-29-22)16-26-24(28)23(17-9-3-1-4-10-17)18-11-5-2-6-12-18/h1-15,23H,16H2,(H,26,28). The van der Waals surface area contributed by atoms with Gasteiger partial charge >= 0.3 is 0 Å². The third-order valence-corrected chi connectivity index (χ3v) is 4.67. The average molecular weight is 386 g/mol. The van der Waals surface area contributed by atoms with Crippen LogP contribution in [0.25, 0.3) is 11.3 Å². The van der Waals surface area contributed by atoms with E-state index in [0.717, 1.165) is 11.1 Å². The number of carbonyl (C=O) groups excluding carboxylic acids is 1. The molecule has 0 spiro atoms. The van der Waals surface area contributed by atoms with Crippen LogP contribution in [0.3, 0.4) is 0 Å². The van der Waals surface area contributed by atoms with Crippen molar-refractivity contribution in [1.82, 2.24) is 10.5 Å². The summed E-state index contributed by atoms with van der Waals surface area (Å²) in [4.78, 5) is 13.0. The molecular weight excluding hydrogens is 367 g/mol. The van der Waals surface area contributed by atoms with Crippen LogP contribution in [0.2, 0.25) is 0 Å². The predicted octanol–water partition coefficient (Wildman–Crippen LogP) is 4.93. The van der Waals surface area contributed by atoms with E-state index in [1.54, 1.807) is 24.3 Å². The SMILES string of the molecule is O=C(NCc1cc(-c2ccccc2F)on1)C(c1ccccc1)c1ccccc1. The summed E-state index contributed by atoms with van der Waals surface area (Å²) in [5, 5.41) is 6.87. The van der Waals surface area contributed by atoms with Gasteiger partial charge in [-0.15, -0.1) is 0 Å². The van der Waals surface area contributed by atoms with E-state index < -0.39 is 5.92 Å². The van der Waals surface area contributed by atoms with Gasteiger partial charge in [-0.05, 0) is 23.3 Å². The summed E-state index contributed by atoms with van der Waals surface area (Å²) in [6, 6.07) is 27.2. The van der Waals surface area contributed by atoms with Gasteiger partial charge in [-0.3, -0.25) is 4.79 Å². The quantitative estimate of drug-likeness (QED) is 0.511. The molecule has 1 amide bonds. The Labute approximate surface area is 168 Å². The van der Waals surface area contributed by atoms with E-state index in [1.165, 1.54) is 6.07 Å². The van der Waals surface area contributed by atoms with Gasteiger partial charge < -0.3 is 9.84 Å². The fraction of sp³-hybridized carbons (Fsp3) is 0.0833. The van der Waals surface area contributed by atoms with Crippen LogP contribution < -0.4 is 5.32 Å². The Morgan fingerprint density at radius 2 is 1.48 bits per heavy atom. The highest BCUT2D eigenvalue weighted by atomic mass is 19.1. The molecule has 5 heteroatoms. The second-order valence-corrected chi connectivity index (χ2v) is 6.63. The Morgan fingerprint density at radius 1 is 0.897 bits per heavy atom. The predicted molar refractivity (Wildman–Crippen MR) is 108 cm³/mol. The highest BCUT2D eigenvalue weighted by Crippen LogP contribution is 2.26. The molecule has 0 unspecified atom stereocenters. The first-order chi connectivity index (χ1) is 14.2. The summed E-state index contributed by atoms with van der Waals surface area (Å²) >= 11 is 0. The number of nitrogens with one attached hydrogen (secondary N) is 1. The number of hydrogen-bond donors (Lipinski definition) is 1. The van der Waals surface area contributed by atoms with E-state index in [4.69, 9.17) is 4.52 Å². The molecule has 1 N–H and O–H groups in total. The largest absolute Gasteiger partial charge is 0.356 e. The minimum absolute atomic E-state index is 0.141. The van der Waals surface area contributed by atoms with Crippen LogP contribution in [0.5, 0.6) is 0 Å². The number of halogens is 1. The zero-order valence-electron chi connectivity index (χ0n) is 15.6. The molecule has 0 radical (unpaired) electrons. The minimum atomic E-state index is -0.435. The molecule has 1 aromatic heterocycles. The second kappa shape index (κ2) is 8.52. The van der Waals surface area contributed by atoms with Crippen LogP contribution in [-0.4, -0.2) is 11.1 Å². The molecule has 0 bridgehead atoms. The molecule has 3 aromatic carbocycles. The maximum absolute atomic E-state index is 13.9. The molecule has 0 aliphatic rings. The van der Waals surface area contributed by atoms with E-state index >= 15 is 0 Å². The van der Waals surface area contributed by atoms with Gasteiger partial charge in [-0.2, -0.15) is 0 Å². The van der Waals surface area contributed by atoms with Gasteiger partial charge in [0.2, 0.25) is 5.91 Å².